The van der Waals surface area contributed by atoms with Gasteiger partial charge in [-0.25, -0.2) is 14.9 Å². The van der Waals surface area contributed by atoms with Crippen molar-refractivity contribution in [2.75, 3.05) is 12.9 Å². The molecule has 6 nitrogen and oxygen atoms in total. The number of ether oxygens (including phenoxy) is 1. The summed E-state index contributed by atoms with van der Waals surface area (Å²) in [6, 6.07) is 3.09. The van der Waals surface area contributed by atoms with Crippen LogP contribution in [-0.2, 0) is 15.7 Å². The van der Waals surface area contributed by atoms with Gasteiger partial charge in [0.2, 0.25) is 5.75 Å². The largest absolute Gasteiger partial charge is 0.496 e. The van der Waals surface area contributed by atoms with Gasteiger partial charge in [0.05, 0.1) is 7.11 Å². The van der Waals surface area contributed by atoms with Crippen molar-refractivity contribution in [3.8, 4) is 5.75 Å². The molecule has 7 heteroatoms. The summed E-state index contributed by atoms with van der Waals surface area (Å²) in [4.78, 5) is 34.6. The summed E-state index contributed by atoms with van der Waals surface area (Å²) in [7, 11) is 0.460. The molecule has 0 saturated carbocycles. The first-order valence-electron chi connectivity index (χ1n) is 5.40. The maximum Gasteiger partial charge on any atom is 0.442 e. The lowest BCUT2D eigenvalue weighted by atomic mass is 10.1. The normalized spacial score (nSPS) is 18.3. The average molecular weight is 282 g/mol. The molecule has 0 aliphatic carbocycles. The summed E-state index contributed by atoms with van der Waals surface area (Å²) < 4.78 is 5.06. The number of aromatic carboxylic acids is 1. The number of rotatable bonds is 3. The predicted molar refractivity (Wildman–Crippen MR) is 68.7 cm³/mol. The standard InChI is InChI=1S/C12H11NO5S/c1-6-3-7(19-5-9(14)13-12(19)17)4-8(11(15)16)10(6)18-2/h3-4H,5H2,1-2H3,(H-,13,14,15,16,17)/p+1. The Labute approximate surface area is 112 Å². The zero-order valence-corrected chi connectivity index (χ0v) is 11.2. The van der Waals surface area contributed by atoms with E-state index >= 15 is 0 Å². The highest BCUT2D eigenvalue weighted by Crippen LogP contribution is 2.29. The maximum absolute atomic E-state index is 11.6. The van der Waals surface area contributed by atoms with Crippen LogP contribution in [0, 0.1) is 6.92 Å². The smallest absolute Gasteiger partial charge is 0.442 e. The van der Waals surface area contributed by atoms with Crippen molar-refractivity contribution in [1.29, 1.82) is 0 Å². The highest BCUT2D eigenvalue weighted by atomic mass is 32.2. The molecular weight excluding hydrogens is 270 g/mol. The van der Waals surface area contributed by atoms with E-state index in [1.54, 1.807) is 13.0 Å². The Kier molecular flexibility index (Phi) is 3.48. The van der Waals surface area contributed by atoms with Gasteiger partial charge in [0.25, 0.3) is 5.91 Å². The molecule has 1 fully saturated rings. The molecule has 1 unspecified atom stereocenters. The maximum atomic E-state index is 11.6. The fraction of sp³-hybridized carbons (Fsp3) is 0.250. The first kappa shape index (κ1) is 13.4. The molecule has 1 atom stereocenters. The number of amides is 2. The van der Waals surface area contributed by atoms with Gasteiger partial charge in [-0.1, -0.05) is 0 Å². The second-order valence-corrected chi connectivity index (χ2v) is 5.91. The topological polar surface area (TPSA) is 92.7 Å². The van der Waals surface area contributed by atoms with Crippen molar-refractivity contribution < 1.29 is 24.2 Å². The third kappa shape index (κ3) is 2.41. The van der Waals surface area contributed by atoms with Gasteiger partial charge < -0.3 is 9.84 Å². The number of aryl methyl sites for hydroxylation is 1. The Morgan fingerprint density at radius 3 is 2.58 bits per heavy atom. The summed E-state index contributed by atoms with van der Waals surface area (Å²) in [5, 5.41) is 11.0. The summed E-state index contributed by atoms with van der Waals surface area (Å²) in [5.74, 6) is -1.12. The van der Waals surface area contributed by atoms with Crippen LogP contribution in [0.15, 0.2) is 17.0 Å². The van der Waals surface area contributed by atoms with Gasteiger partial charge in [0.15, 0.2) is 4.90 Å². The zero-order valence-electron chi connectivity index (χ0n) is 10.4. The molecule has 2 rings (SSSR count). The molecule has 0 bridgehead atoms. The first-order chi connectivity index (χ1) is 8.93. The Balaban J connectivity index is 2.51. The molecule has 0 radical (unpaired) electrons. The number of carboxylic acid groups (broad SMARTS) is 1. The van der Waals surface area contributed by atoms with E-state index in [2.05, 4.69) is 5.32 Å². The van der Waals surface area contributed by atoms with Crippen molar-refractivity contribution >= 4 is 28.0 Å². The molecule has 1 aromatic rings. The highest BCUT2D eigenvalue weighted by Gasteiger charge is 2.43. The number of carbonyl (C=O) groups is 3. The Bertz CT molecular complexity index is 584. The van der Waals surface area contributed by atoms with Gasteiger partial charge in [-0.05, 0) is 12.5 Å². The van der Waals surface area contributed by atoms with Crippen molar-refractivity contribution in [1.82, 2.24) is 5.32 Å². The molecule has 1 heterocycles. The average Bonchev–Trinajstić information content (AvgIpc) is 2.67. The summed E-state index contributed by atoms with van der Waals surface area (Å²) in [6.07, 6.45) is 0. The number of nitrogens with one attached hydrogen (secondary N) is 1. The first-order valence-corrected chi connectivity index (χ1v) is 6.80. The van der Waals surface area contributed by atoms with E-state index in [1.165, 1.54) is 13.2 Å². The van der Waals surface area contributed by atoms with E-state index in [1.807, 2.05) is 0 Å². The lowest BCUT2D eigenvalue weighted by molar-refractivity contribution is -0.117. The van der Waals surface area contributed by atoms with Crippen LogP contribution in [0.25, 0.3) is 0 Å². The van der Waals surface area contributed by atoms with Gasteiger partial charge in [-0.15, -0.1) is 0 Å². The van der Waals surface area contributed by atoms with Gasteiger partial charge in [0.1, 0.15) is 22.2 Å². The molecular formula is C12H12NO5S+. The molecule has 1 aliphatic heterocycles. The minimum Gasteiger partial charge on any atom is -0.496 e. The number of carboxylic acids is 1. The Morgan fingerprint density at radius 2 is 2.11 bits per heavy atom. The van der Waals surface area contributed by atoms with Crippen LogP contribution >= 0.6 is 0 Å². The second kappa shape index (κ2) is 4.93. The molecule has 1 aliphatic rings. The summed E-state index contributed by atoms with van der Waals surface area (Å²) in [6.45, 7) is 1.70. The van der Waals surface area contributed by atoms with E-state index in [0.717, 1.165) is 0 Å². The zero-order chi connectivity index (χ0) is 14.2. The third-order valence-corrected chi connectivity index (χ3v) is 4.61. The molecule has 0 aromatic heterocycles. The number of carbonyl (C=O) groups excluding carboxylic acids is 2. The predicted octanol–water partition coefficient (Wildman–Crippen LogP) is 0.929. The molecule has 2 amide bonds. The van der Waals surface area contributed by atoms with Crippen molar-refractivity contribution in [3.63, 3.8) is 0 Å². The molecule has 2 N–H and O–H groups in total. The van der Waals surface area contributed by atoms with Crippen LogP contribution in [0.4, 0.5) is 4.79 Å². The van der Waals surface area contributed by atoms with E-state index < -0.39 is 16.9 Å². The van der Waals surface area contributed by atoms with E-state index in [0.29, 0.717) is 10.5 Å². The number of hydrogen-bond donors (Lipinski definition) is 2. The quantitative estimate of drug-likeness (QED) is 0.804. The van der Waals surface area contributed by atoms with Crippen molar-refractivity contribution in [2.45, 2.75) is 11.8 Å². The van der Waals surface area contributed by atoms with Gasteiger partial charge in [0, 0.05) is 12.1 Å². The lowest BCUT2D eigenvalue weighted by Crippen LogP contribution is -2.20. The van der Waals surface area contributed by atoms with E-state index in [-0.39, 0.29) is 28.2 Å². The fourth-order valence-corrected chi connectivity index (χ4v) is 3.57. The number of hydrogen-bond acceptors (Lipinski definition) is 4. The summed E-state index contributed by atoms with van der Waals surface area (Å²) >= 11 is 0. The third-order valence-electron chi connectivity index (χ3n) is 2.71. The Hall–Kier alpha value is -2.02. The Morgan fingerprint density at radius 1 is 1.42 bits per heavy atom. The molecule has 1 aromatic carbocycles. The van der Waals surface area contributed by atoms with Crippen LogP contribution in [0.3, 0.4) is 0 Å². The van der Waals surface area contributed by atoms with Crippen molar-refractivity contribution in [2.24, 2.45) is 0 Å². The van der Waals surface area contributed by atoms with Crippen LogP contribution in [-0.4, -0.2) is 35.1 Å². The minimum absolute atomic E-state index is 0.00264. The van der Waals surface area contributed by atoms with Gasteiger partial charge >= 0.3 is 11.2 Å². The van der Waals surface area contributed by atoms with E-state index in [4.69, 9.17) is 9.84 Å². The highest BCUT2D eigenvalue weighted by molar-refractivity contribution is 8.12. The van der Waals surface area contributed by atoms with Crippen molar-refractivity contribution in [3.05, 3.63) is 23.3 Å². The fourth-order valence-electron chi connectivity index (χ4n) is 1.91. The number of methoxy groups -OCH3 is 1. The molecule has 0 spiro atoms. The second-order valence-electron chi connectivity index (χ2n) is 4.00. The number of imide groups is 1. The van der Waals surface area contributed by atoms with Crippen LogP contribution < -0.4 is 10.1 Å². The van der Waals surface area contributed by atoms with E-state index in [9.17, 15) is 14.4 Å². The molecule has 1 saturated heterocycles. The monoisotopic (exact) mass is 282 g/mol. The van der Waals surface area contributed by atoms with Crippen LogP contribution in [0.2, 0.25) is 0 Å². The minimum atomic E-state index is -1.13. The molecule has 19 heavy (non-hydrogen) atoms. The summed E-state index contributed by atoms with van der Waals surface area (Å²) in [5.41, 5.74) is 0.620. The molecule has 100 valence electrons. The van der Waals surface area contributed by atoms with Gasteiger partial charge in [-0.3, -0.25) is 4.79 Å². The van der Waals surface area contributed by atoms with Crippen LogP contribution in [0.5, 0.6) is 5.75 Å². The number of benzene rings is 1. The van der Waals surface area contributed by atoms with Gasteiger partial charge in [-0.2, -0.15) is 0 Å². The lowest BCUT2D eigenvalue weighted by Gasteiger charge is -2.09. The van der Waals surface area contributed by atoms with Crippen LogP contribution in [0.1, 0.15) is 15.9 Å². The SMILES string of the molecule is COc1c(C)cc([S+]2CC(=O)NC2=O)cc1C(=O)O.